The highest BCUT2D eigenvalue weighted by molar-refractivity contribution is 5.91. The highest BCUT2D eigenvalue weighted by atomic mass is 16.6. The summed E-state index contributed by atoms with van der Waals surface area (Å²) in [5.41, 5.74) is 6.42. The van der Waals surface area contributed by atoms with E-state index in [4.69, 9.17) is 14.9 Å². The van der Waals surface area contributed by atoms with E-state index in [2.05, 4.69) is 0 Å². The van der Waals surface area contributed by atoms with Gasteiger partial charge in [0.15, 0.2) is 0 Å². The summed E-state index contributed by atoms with van der Waals surface area (Å²) in [5, 5.41) is 0. The number of ether oxygens (including phenoxy) is 1. The average molecular weight is 259 g/mol. The van der Waals surface area contributed by atoms with Crippen LogP contribution in [0.5, 0.6) is 0 Å². The van der Waals surface area contributed by atoms with E-state index < -0.39 is 18.0 Å². The van der Waals surface area contributed by atoms with Crippen molar-refractivity contribution >= 4 is 11.9 Å². The fourth-order valence-corrected chi connectivity index (χ4v) is 1.66. The number of benzene rings is 1. The number of rotatable bonds is 4. The summed E-state index contributed by atoms with van der Waals surface area (Å²) in [5.74, 6) is -1.37. The predicted octanol–water partition coefficient (Wildman–Crippen LogP) is 1.97. The zero-order valence-corrected chi connectivity index (χ0v) is 10.3. The van der Waals surface area contributed by atoms with Crippen LogP contribution in [0.4, 0.5) is 0 Å². The molecular formula is C14H13NO4. The minimum absolute atomic E-state index is 0.0715. The molecule has 2 aromatic rings. The van der Waals surface area contributed by atoms with Crippen molar-refractivity contribution in [1.29, 1.82) is 0 Å². The molecule has 1 unspecified atom stereocenters. The SMILES string of the molecule is Cc1ccoc1C(=O)OC(C(N)=O)c1ccccc1. The van der Waals surface area contributed by atoms with E-state index in [-0.39, 0.29) is 5.76 Å². The van der Waals surface area contributed by atoms with E-state index in [0.29, 0.717) is 11.1 Å². The lowest BCUT2D eigenvalue weighted by atomic mass is 10.1. The molecule has 0 saturated heterocycles. The topological polar surface area (TPSA) is 82.5 Å². The monoisotopic (exact) mass is 259 g/mol. The fraction of sp³-hybridized carbons (Fsp3) is 0.143. The molecule has 0 aliphatic heterocycles. The van der Waals surface area contributed by atoms with Crippen molar-refractivity contribution in [3.63, 3.8) is 0 Å². The first-order valence-electron chi connectivity index (χ1n) is 5.69. The van der Waals surface area contributed by atoms with Gasteiger partial charge in [-0.05, 0) is 13.0 Å². The van der Waals surface area contributed by atoms with E-state index in [1.54, 1.807) is 43.3 Å². The van der Waals surface area contributed by atoms with Crippen LogP contribution in [0.1, 0.15) is 27.8 Å². The number of hydrogen-bond acceptors (Lipinski definition) is 4. The molecule has 1 aromatic carbocycles. The van der Waals surface area contributed by atoms with Gasteiger partial charge in [0.2, 0.25) is 11.9 Å². The molecule has 0 aliphatic carbocycles. The summed E-state index contributed by atoms with van der Waals surface area (Å²) in [7, 11) is 0. The van der Waals surface area contributed by atoms with Crippen molar-refractivity contribution in [3.8, 4) is 0 Å². The van der Waals surface area contributed by atoms with Crippen LogP contribution < -0.4 is 5.73 Å². The first-order valence-corrected chi connectivity index (χ1v) is 5.69. The summed E-state index contributed by atoms with van der Waals surface area (Å²) in [6.45, 7) is 1.71. The third-order valence-electron chi connectivity index (χ3n) is 2.63. The lowest BCUT2D eigenvalue weighted by molar-refractivity contribution is -0.127. The Bertz CT molecular complexity index is 589. The third kappa shape index (κ3) is 2.82. The second-order valence-corrected chi connectivity index (χ2v) is 4.03. The van der Waals surface area contributed by atoms with Crippen LogP contribution in [-0.4, -0.2) is 11.9 Å². The molecule has 1 atom stereocenters. The molecule has 0 fully saturated rings. The van der Waals surface area contributed by atoms with Crippen LogP contribution in [0.25, 0.3) is 0 Å². The van der Waals surface area contributed by atoms with Gasteiger partial charge in [-0.25, -0.2) is 4.79 Å². The van der Waals surface area contributed by atoms with Gasteiger partial charge in [-0.15, -0.1) is 0 Å². The fourth-order valence-electron chi connectivity index (χ4n) is 1.66. The van der Waals surface area contributed by atoms with Crippen molar-refractivity contribution < 1.29 is 18.7 Å². The highest BCUT2D eigenvalue weighted by Crippen LogP contribution is 2.20. The van der Waals surface area contributed by atoms with Crippen LogP contribution in [0.3, 0.4) is 0 Å². The molecule has 0 radical (unpaired) electrons. The molecule has 5 nitrogen and oxygen atoms in total. The van der Waals surface area contributed by atoms with E-state index in [0.717, 1.165) is 0 Å². The van der Waals surface area contributed by atoms with Gasteiger partial charge < -0.3 is 14.9 Å². The Morgan fingerprint density at radius 3 is 2.42 bits per heavy atom. The first-order chi connectivity index (χ1) is 9.09. The number of nitrogens with two attached hydrogens (primary N) is 1. The quantitative estimate of drug-likeness (QED) is 0.851. The molecule has 0 aliphatic rings. The number of carbonyl (C=O) groups is 2. The Kier molecular flexibility index (Phi) is 3.66. The average Bonchev–Trinajstić information content (AvgIpc) is 2.82. The Morgan fingerprint density at radius 2 is 1.89 bits per heavy atom. The Morgan fingerprint density at radius 1 is 1.21 bits per heavy atom. The third-order valence-corrected chi connectivity index (χ3v) is 2.63. The number of carbonyl (C=O) groups excluding carboxylic acids is 2. The van der Waals surface area contributed by atoms with Gasteiger partial charge >= 0.3 is 5.97 Å². The number of furan rings is 1. The number of amides is 1. The summed E-state index contributed by atoms with van der Waals surface area (Å²) < 4.78 is 10.1. The number of esters is 1. The van der Waals surface area contributed by atoms with Crippen molar-refractivity contribution in [1.82, 2.24) is 0 Å². The maximum absolute atomic E-state index is 11.9. The van der Waals surface area contributed by atoms with Crippen molar-refractivity contribution in [2.75, 3.05) is 0 Å². The van der Waals surface area contributed by atoms with E-state index in [1.807, 2.05) is 0 Å². The molecular weight excluding hydrogens is 246 g/mol. The maximum Gasteiger partial charge on any atom is 0.375 e. The molecule has 1 heterocycles. The van der Waals surface area contributed by atoms with Crippen LogP contribution in [0.2, 0.25) is 0 Å². The molecule has 0 saturated carbocycles. The number of hydrogen-bond donors (Lipinski definition) is 1. The lowest BCUT2D eigenvalue weighted by Crippen LogP contribution is -2.26. The summed E-state index contributed by atoms with van der Waals surface area (Å²) in [6.07, 6.45) is 0.256. The predicted molar refractivity (Wildman–Crippen MR) is 67.2 cm³/mol. The normalized spacial score (nSPS) is 11.8. The van der Waals surface area contributed by atoms with Gasteiger partial charge in [-0.1, -0.05) is 30.3 Å². The van der Waals surface area contributed by atoms with E-state index in [1.165, 1.54) is 6.26 Å². The van der Waals surface area contributed by atoms with Crippen LogP contribution >= 0.6 is 0 Å². The summed E-state index contributed by atoms with van der Waals surface area (Å²) in [4.78, 5) is 23.3. The van der Waals surface area contributed by atoms with Crippen LogP contribution in [0, 0.1) is 6.92 Å². The molecule has 0 bridgehead atoms. The molecule has 1 aromatic heterocycles. The highest BCUT2D eigenvalue weighted by Gasteiger charge is 2.25. The Labute approximate surface area is 110 Å². The van der Waals surface area contributed by atoms with Crippen LogP contribution in [0.15, 0.2) is 47.1 Å². The second kappa shape index (κ2) is 5.39. The van der Waals surface area contributed by atoms with E-state index >= 15 is 0 Å². The van der Waals surface area contributed by atoms with Gasteiger partial charge in [0.25, 0.3) is 5.91 Å². The maximum atomic E-state index is 11.9. The zero-order valence-electron chi connectivity index (χ0n) is 10.3. The molecule has 5 heteroatoms. The standard InChI is InChI=1S/C14H13NO4/c1-9-7-8-18-11(9)14(17)19-12(13(15)16)10-5-3-2-4-6-10/h2-8,12H,1H3,(H2,15,16). The minimum atomic E-state index is -1.13. The number of primary amides is 1. The van der Waals surface area contributed by atoms with Crippen molar-refractivity contribution in [2.45, 2.75) is 13.0 Å². The lowest BCUT2D eigenvalue weighted by Gasteiger charge is -2.14. The molecule has 1 amide bonds. The number of aryl methyl sites for hydroxylation is 1. The van der Waals surface area contributed by atoms with Gasteiger partial charge in [-0.2, -0.15) is 0 Å². The van der Waals surface area contributed by atoms with Crippen molar-refractivity contribution in [3.05, 3.63) is 59.5 Å². The smallest absolute Gasteiger partial charge is 0.375 e. The molecule has 0 spiro atoms. The Hall–Kier alpha value is -2.56. The second-order valence-electron chi connectivity index (χ2n) is 4.03. The molecule has 98 valence electrons. The first kappa shape index (κ1) is 12.9. The molecule has 2 N–H and O–H groups in total. The van der Waals surface area contributed by atoms with Gasteiger partial charge in [-0.3, -0.25) is 4.79 Å². The summed E-state index contributed by atoms with van der Waals surface area (Å²) >= 11 is 0. The summed E-state index contributed by atoms with van der Waals surface area (Å²) in [6, 6.07) is 10.2. The van der Waals surface area contributed by atoms with Crippen molar-refractivity contribution in [2.24, 2.45) is 5.73 Å². The largest absolute Gasteiger partial charge is 0.457 e. The van der Waals surface area contributed by atoms with Gasteiger partial charge in [0, 0.05) is 11.1 Å². The zero-order chi connectivity index (χ0) is 13.8. The van der Waals surface area contributed by atoms with Crippen LogP contribution in [-0.2, 0) is 9.53 Å². The van der Waals surface area contributed by atoms with E-state index in [9.17, 15) is 9.59 Å². The Balaban J connectivity index is 2.21. The van der Waals surface area contributed by atoms with Gasteiger partial charge in [0.1, 0.15) is 0 Å². The molecule has 2 rings (SSSR count). The molecule has 19 heavy (non-hydrogen) atoms. The minimum Gasteiger partial charge on any atom is -0.457 e. The van der Waals surface area contributed by atoms with Gasteiger partial charge in [0.05, 0.1) is 6.26 Å².